The number of nitriles is 1. The van der Waals surface area contributed by atoms with E-state index in [9.17, 15) is 29.1 Å². The van der Waals surface area contributed by atoms with Crippen molar-refractivity contribution in [2.24, 2.45) is 11.5 Å². The van der Waals surface area contributed by atoms with Gasteiger partial charge in [-0.15, -0.1) is 0 Å². The van der Waals surface area contributed by atoms with E-state index in [0.29, 0.717) is 45.4 Å². The van der Waals surface area contributed by atoms with Crippen LogP contribution in [0.4, 0.5) is 0 Å². The van der Waals surface area contributed by atoms with Crippen molar-refractivity contribution in [3.63, 3.8) is 0 Å². The molecule has 4 aromatic rings. The molecule has 0 aliphatic carbocycles. The average Bonchev–Trinajstić information content (AvgIpc) is 3.24. The summed E-state index contributed by atoms with van der Waals surface area (Å²) in [7, 11) is 1.38. The molecular formula is C45H54N10O8. The average molecular weight is 863 g/mol. The number of aromatic nitrogens is 2. The first-order valence-corrected chi connectivity index (χ1v) is 20.5. The molecule has 0 saturated heterocycles. The van der Waals surface area contributed by atoms with E-state index < -0.39 is 53.7 Å². The number of benzene rings is 3. The summed E-state index contributed by atoms with van der Waals surface area (Å²) < 4.78 is 11.7. The number of carbonyl (C=O) groups is 5. The van der Waals surface area contributed by atoms with Crippen LogP contribution in [0.15, 0.2) is 60.7 Å². The number of rotatable bonds is 14. The largest absolute Gasteiger partial charge is 0.507 e. The van der Waals surface area contributed by atoms with Crippen molar-refractivity contribution in [3.05, 3.63) is 88.7 Å². The van der Waals surface area contributed by atoms with Crippen molar-refractivity contribution in [2.75, 3.05) is 33.3 Å². The molecule has 63 heavy (non-hydrogen) atoms. The van der Waals surface area contributed by atoms with Gasteiger partial charge in [-0.1, -0.05) is 12.1 Å². The van der Waals surface area contributed by atoms with Crippen LogP contribution >= 0.6 is 0 Å². The molecule has 3 aromatic carbocycles. The van der Waals surface area contributed by atoms with Gasteiger partial charge < -0.3 is 52.2 Å². The lowest BCUT2D eigenvalue weighted by atomic mass is 9.93. The van der Waals surface area contributed by atoms with Crippen molar-refractivity contribution in [1.82, 2.24) is 36.1 Å². The fourth-order valence-corrected chi connectivity index (χ4v) is 7.21. The molecule has 2 heterocycles. The fraction of sp³-hybridized carbons (Fsp3) is 0.378. The minimum Gasteiger partial charge on any atom is -0.507 e. The van der Waals surface area contributed by atoms with E-state index in [1.165, 1.54) is 20.0 Å². The van der Waals surface area contributed by atoms with Crippen LogP contribution in [-0.4, -0.2) is 107 Å². The maximum absolute atomic E-state index is 14.6. The van der Waals surface area contributed by atoms with E-state index in [4.69, 9.17) is 26.2 Å². The van der Waals surface area contributed by atoms with Crippen LogP contribution in [0.3, 0.4) is 0 Å². The number of likely N-dealkylation sites (N-methyl/N-ethyl adjacent to an activating group) is 1. The standard InChI is InChI=1S/C45H54N10O8/c1-24(2)63-31-11-8-29(9-12-31)40-50-25(3)38(26(4)51-40)43(59)53-34(15-16-46)45(61)55(6)39-30-10-14-37(62-20-18-48)33(23-30)32-21-28(7-13-36(32)56)22-35(42(58)49-19-17-47)54-41(57)27(5)52-44(39)60/h7-14,21,23-24,27,34-35,39,56H,15-16,18-20,22,46,48H2,1-6H3,(H,49,58)(H,52,60)(H,53,59)(H,54,57)/t27-,34-,35-,39-/m0/s1. The monoisotopic (exact) mass is 862 g/mol. The minimum absolute atomic E-state index is 0.000333. The maximum atomic E-state index is 14.6. The Hall–Kier alpha value is -7.10. The Labute approximate surface area is 365 Å². The number of ether oxygens (including phenoxy) is 2. The molecule has 4 bridgehead atoms. The van der Waals surface area contributed by atoms with Gasteiger partial charge in [0.15, 0.2) is 5.82 Å². The lowest BCUT2D eigenvalue weighted by Gasteiger charge is -2.32. The molecule has 0 unspecified atom stereocenters. The Kier molecular flexibility index (Phi) is 15.7. The fourth-order valence-electron chi connectivity index (χ4n) is 7.21. The predicted octanol–water partition coefficient (Wildman–Crippen LogP) is 2.09. The number of amides is 5. The topological polar surface area (TPSA) is 277 Å². The number of nitrogens with two attached hydrogens (primary N) is 2. The highest BCUT2D eigenvalue weighted by Gasteiger charge is 2.36. The van der Waals surface area contributed by atoms with Crippen LogP contribution < -0.4 is 42.2 Å². The first-order valence-electron chi connectivity index (χ1n) is 20.5. The number of nitrogens with zero attached hydrogens (tertiary/aromatic N) is 4. The van der Waals surface area contributed by atoms with Gasteiger partial charge in [-0.25, -0.2) is 9.97 Å². The Morgan fingerprint density at radius 3 is 2.30 bits per heavy atom. The molecule has 9 N–H and O–H groups in total. The third-order valence-electron chi connectivity index (χ3n) is 10.2. The van der Waals surface area contributed by atoms with Crippen LogP contribution in [0.25, 0.3) is 22.5 Å². The van der Waals surface area contributed by atoms with Gasteiger partial charge in [0.05, 0.1) is 29.1 Å². The normalized spacial score (nSPS) is 16.7. The summed E-state index contributed by atoms with van der Waals surface area (Å²) in [4.78, 5) is 80.2. The van der Waals surface area contributed by atoms with Gasteiger partial charge in [-0.3, -0.25) is 24.0 Å². The summed E-state index contributed by atoms with van der Waals surface area (Å²) in [6.45, 7) is 8.55. The Bertz CT molecular complexity index is 2360. The van der Waals surface area contributed by atoms with Crippen LogP contribution in [0, 0.1) is 25.2 Å². The second-order valence-corrected chi connectivity index (χ2v) is 15.4. The molecular weight excluding hydrogens is 809 g/mol. The minimum atomic E-state index is -1.43. The zero-order chi connectivity index (χ0) is 46.0. The van der Waals surface area contributed by atoms with Crippen molar-refractivity contribution < 1.29 is 38.6 Å². The molecule has 0 saturated carbocycles. The van der Waals surface area contributed by atoms with Crippen molar-refractivity contribution in [3.8, 4) is 45.8 Å². The zero-order valence-corrected chi connectivity index (χ0v) is 36.2. The van der Waals surface area contributed by atoms with Crippen LogP contribution in [-0.2, 0) is 25.6 Å². The van der Waals surface area contributed by atoms with Crippen molar-refractivity contribution in [2.45, 2.75) is 77.7 Å². The quantitative estimate of drug-likeness (QED) is 0.0896. The van der Waals surface area contributed by atoms with Gasteiger partial charge >= 0.3 is 0 Å². The lowest BCUT2D eigenvalue weighted by molar-refractivity contribution is -0.141. The number of aryl methyl sites for hydroxylation is 2. The molecule has 0 spiro atoms. The van der Waals surface area contributed by atoms with Crippen LogP contribution in [0.2, 0.25) is 0 Å². The van der Waals surface area contributed by atoms with E-state index in [1.54, 1.807) is 44.2 Å². The molecule has 5 amide bonds. The molecule has 332 valence electrons. The number of carbonyl (C=O) groups excluding carboxylic acids is 5. The van der Waals surface area contributed by atoms with Crippen molar-refractivity contribution in [1.29, 1.82) is 5.26 Å². The first kappa shape index (κ1) is 47.0. The Balaban J connectivity index is 1.53. The summed E-state index contributed by atoms with van der Waals surface area (Å²) in [5.41, 5.74) is 14.7. The molecule has 1 aliphatic heterocycles. The molecule has 1 aromatic heterocycles. The second-order valence-electron chi connectivity index (χ2n) is 15.4. The maximum Gasteiger partial charge on any atom is 0.255 e. The van der Waals surface area contributed by atoms with Gasteiger partial charge in [0.2, 0.25) is 23.6 Å². The number of hydrogen-bond donors (Lipinski definition) is 7. The van der Waals surface area contributed by atoms with Gasteiger partial charge in [0.1, 0.15) is 54.6 Å². The molecule has 5 rings (SSSR count). The summed E-state index contributed by atoms with van der Waals surface area (Å²) in [5, 5.41) is 30.9. The third-order valence-corrected chi connectivity index (χ3v) is 10.2. The van der Waals surface area contributed by atoms with Crippen molar-refractivity contribution >= 4 is 29.5 Å². The number of fused-ring (bicyclic) bond motifs is 5. The molecule has 4 atom stereocenters. The third kappa shape index (κ3) is 11.4. The van der Waals surface area contributed by atoms with E-state index in [2.05, 4.69) is 31.2 Å². The SMILES string of the molecule is Cc1nc(-c2ccc(OC(C)C)cc2)nc(C)c1C(=O)N[C@@H](CCN)C(=O)N(C)[C@@H]1C(=O)N[C@@H](C)C(=O)N[C@H](C(=O)NCC#N)Cc2ccc(O)c(c2)-c2cc1ccc2OCCN. The van der Waals surface area contributed by atoms with E-state index in [-0.39, 0.29) is 67.6 Å². The van der Waals surface area contributed by atoms with E-state index in [1.807, 2.05) is 44.2 Å². The smallest absolute Gasteiger partial charge is 0.255 e. The number of nitrogens with one attached hydrogen (secondary N) is 4. The van der Waals surface area contributed by atoms with E-state index in [0.717, 1.165) is 4.90 Å². The van der Waals surface area contributed by atoms with Crippen LogP contribution in [0.5, 0.6) is 17.2 Å². The summed E-state index contributed by atoms with van der Waals surface area (Å²) in [5.74, 6) is -2.26. The number of aromatic hydroxyl groups is 1. The second kappa shape index (κ2) is 21.1. The number of phenols is 1. The molecule has 0 radical (unpaired) electrons. The van der Waals surface area contributed by atoms with Gasteiger partial charge in [0.25, 0.3) is 5.91 Å². The summed E-state index contributed by atoms with van der Waals surface area (Å²) >= 11 is 0. The molecule has 0 fully saturated rings. The Morgan fingerprint density at radius 2 is 1.67 bits per heavy atom. The highest BCUT2D eigenvalue weighted by atomic mass is 16.5. The number of phenolic OH excluding ortho intramolecular Hbond substituents is 1. The lowest BCUT2D eigenvalue weighted by Crippen LogP contribution is -2.56. The molecule has 18 heteroatoms. The summed E-state index contributed by atoms with van der Waals surface area (Å²) in [6.07, 6.45) is -0.0570. The number of hydrogen-bond acceptors (Lipinski definition) is 13. The Morgan fingerprint density at radius 1 is 0.968 bits per heavy atom. The van der Waals surface area contributed by atoms with Gasteiger partial charge in [-0.2, -0.15) is 5.26 Å². The predicted molar refractivity (Wildman–Crippen MR) is 233 cm³/mol. The summed E-state index contributed by atoms with van der Waals surface area (Å²) in [6, 6.07) is 13.4. The zero-order valence-electron chi connectivity index (χ0n) is 36.2. The van der Waals surface area contributed by atoms with E-state index >= 15 is 0 Å². The highest BCUT2D eigenvalue weighted by Crippen LogP contribution is 2.39. The molecule has 18 nitrogen and oxygen atoms in total. The molecule has 1 aliphatic rings. The van der Waals surface area contributed by atoms with Gasteiger partial charge in [-0.05, 0) is 107 Å². The highest BCUT2D eigenvalue weighted by molar-refractivity contribution is 6.00. The van der Waals surface area contributed by atoms with Crippen LogP contribution in [0.1, 0.15) is 66.1 Å². The van der Waals surface area contributed by atoms with Gasteiger partial charge in [0, 0.05) is 36.7 Å². The first-order chi connectivity index (χ1) is 30.1.